The molecule has 1 unspecified atom stereocenters. The summed E-state index contributed by atoms with van der Waals surface area (Å²) >= 11 is 0. The first-order valence-corrected chi connectivity index (χ1v) is 8.92. The number of rotatable bonds is 3. The van der Waals surface area contributed by atoms with Crippen LogP contribution in [0, 0.1) is 0 Å². The van der Waals surface area contributed by atoms with E-state index in [0.717, 1.165) is 19.3 Å². The SMILES string of the molecule is Cn1ncc2c1CCCC2Nc1ccccc1S(C)(=O)=O. The molecule has 1 atom stereocenters. The minimum atomic E-state index is -3.24. The second-order valence-electron chi connectivity index (χ2n) is 5.53. The molecule has 1 aliphatic carbocycles. The fourth-order valence-electron chi connectivity index (χ4n) is 2.95. The maximum absolute atomic E-state index is 11.9. The second kappa shape index (κ2) is 5.18. The predicted molar refractivity (Wildman–Crippen MR) is 82.1 cm³/mol. The molecule has 6 heteroatoms. The first kappa shape index (κ1) is 14.1. The lowest BCUT2D eigenvalue weighted by molar-refractivity contribution is 0.570. The van der Waals surface area contributed by atoms with Crippen molar-refractivity contribution in [3.63, 3.8) is 0 Å². The predicted octanol–water partition coefficient (Wildman–Crippen LogP) is 2.31. The molecule has 1 aliphatic rings. The van der Waals surface area contributed by atoms with E-state index in [-0.39, 0.29) is 6.04 Å². The Kier molecular flexibility index (Phi) is 3.49. The Balaban J connectivity index is 1.96. The number of hydrogen-bond donors (Lipinski definition) is 1. The molecular weight excluding hydrogens is 286 g/mol. The molecule has 21 heavy (non-hydrogen) atoms. The first-order valence-electron chi connectivity index (χ1n) is 7.03. The van der Waals surface area contributed by atoms with Crippen LogP contribution in [0.25, 0.3) is 0 Å². The summed E-state index contributed by atoms with van der Waals surface area (Å²) < 4.78 is 25.7. The van der Waals surface area contributed by atoms with Gasteiger partial charge in [-0.05, 0) is 31.4 Å². The molecule has 0 amide bonds. The third kappa shape index (κ3) is 2.68. The van der Waals surface area contributed by atoms with Crippen molar-refractivity contribution in [3.8, 4) is 0 Å². The van der Waals surface area contributed by atoms with Crippen molar-refractivity contribution >= 4 is 15.5 Å². The molecule has 3 rings (SSSR count). The molecule has 1 heterocycles. The van der Waals surface area contributed by atoms with E-state index in [9.17, 15) is 8.42 Å². The number of aromatic nitrogens is 2. The number of para-hydroxylation sites is 1. The van der Waals surface area contributed by atoms with E-state index in [1.54, 1.807) is 12.1 Å². The lowest BCUT2D eigenvalue weighted by Crippen LogP contribution is -2.19. The van der Waals surface area contributed by atoms with Gasteiger partial charge in [0.25, 0.3) is 0 Å². The third-order valence-electron chi connectivity index (χ3n) is 3.99. The fourth-order valence-corrected chi connectivity index (χ4v) is 3.81. The maximum Gasteiger partial charge on any atom is 0.177 e. The largest absolute Gasteiger partial charge is 0.377 e. The summed E-state index contributed by atoms with van der Waals surface area (Å²) in [5.74, 6) is 0. The monoisotopic (exact) mass is 305 g/mol. The highest BCUT2D eigenvalue weighted by Gasteiger charge is 2.24. The second-order valence-corrected chi connectivity index (χ2v) is 7.51. The Hall–Kier alpha value is -1.82. The molecule has 0 fully saturated rings. The molecule has 1 aromatic heterocycles. The van der Waals surface area contributed by atoms with E-state index in [1.807, 2.05) is 30.1 Å². The average Bonchev–Trinajstić information content (AvgIpc) is 2.81. The zero-order valence-electron chi connectivity index (χ0n) is 12.2. The van der Waals surface area contributed by atoms with Gasteiger partial charge in [-0.3, -0.25) is 4.68 Å². The minimum absolute atomic E-state index is 0.116. The van der Waals surface area contributed by atoms with Gasteiger partial charge in [0.05, 0.1) is 22.8 Å². The molecule has 2 aromatic rings. The van der Waals surface area contributed by atoms with Crippen LogP contribution in [0.3, 0.4) is 0 Å². The van der Waals surface area contributed by atoms with Crippen LogP contribution < -0.4 is 5.32 Å². The van der Waals surface area contributed by atoms with Gasteiger partial charge in [-0.2, -0.15) is 5.10 Å². The fraction of sp³-hybridized carbons (Fsp3) is 0.400. The van der Waals surface area contributed by atoms with Crippen molar-refractivity contribution in [3.05, 3.63) is 41.7 Å². The molecule has 0 saturated heterocycles. The van der Waals surface area contributed by atoms with Crippen LogP contribution in [0.4, 0.5) is 5.69 Å². The molecule has 112 valence electrons. The lowest BCUT2D eigenvalue weighted by atomic mass is 9.93. The maximum atomic E-state index is 11.9. The summed E-state index contributed by atoms with van der Waals surface area (Å²) in [6, 6.07) is 7.18. The van der Waals surface area contributed by atoms with E-state index in [1.165, 1.54) is 17.5 Å². The van der Waals surface area contributed by atoms with Gasteiger partial charge >= 0.3 is 0 Å². The highest BCUT2D eigenvalue weighted by atomic mass is 32.2. The summed E-state index contributed by atoms with van der Waals surface area (Å²) in [6.45, 7) is 0. The molecule has 1 aromatic carbocycles. The number of aryl methyl sites for hydroxylation is 1. The van der Waals surface area contributed by atoms with Crippen molar-refractivity contribution in [1.29, 1.82) is 0 Å². The highest BCUT2D eigenvalue weighted by molar-refractivity contribution is 7.90. The van der Waals surface area contributed by atoms with Crippen LogP contribution in [0.2, 0.25) is 0 Å². The van der Waals surface area contributed by atoms with Crippen molar-refractivity contribution in [1.82, 2.24) is 9.78 Å². The van der Waals surface area contributed by atoms with Crippen LogP contribution in [0.5, 0.6) is 0 Å². The lowest BCUT2D eigenvalue weighted by Gasteiger charge is -2.25. The number of hydrogen-bond acceptors (Lipinski definition) is 4. The molecule has 1 N–H and O–H groups in total. The molecule has 0 aliphatic heterocycles. The zero-order valence-corrected chi connectivity index (χ0v) is 13.0. The van der Waals surface area contributed by atoms with E-state index >= 15 is 0 Å². The number of fused-ring (bicyclic) bond motifs is 1. The molecular formula is C15H19N3O2S. The quantitative estimate of drug-likeness (QED) is 0.945. The smallest absolute Gasteiger partial charge is 0.177 e. The van der Waals surface area contributed by atoms with Crippen LogP contribution in [0.1, 0.15) is 30.1 Å². The summed E-state index contributed by atoms with van der Waals surface area (Å²) in [5, 5.41) is 7.71. The van der Waals surface area contributed by atoms with E-state index in [0.29, 0.717) is 10.6 Å². The molecule has 0 radical (unpaired) electrons. The molecule has 0 spiro atoms. The summed E-state index contributed by atoms with van der Waals surface area (Å²) in [4.78, 5) is 0.348. The van der Waals surface area contributed by atoms with E-state index < -0.39 is 9.84 Å². The Morgan fingerprint density at radius 1 is 1.33 bits per heavy atom. The zero-order chi connectivity index (χ0) is 15.0. The van der Waals surface area contributed by atoms with E-state index in [2.05, 4.69) is 10.4 Å². The van der Waals surface area contributed by atoms with Crippen molar-refractivity contribution in [2.75, 3.05) is 11.6 Å². The van der Waals surface area contributed by atoms with Gasteiger partial charge < -0.3 is 5.32 Å². The van der Waals surface area contributed by atoms with Crippen LogP contribution in [-0.2, 0) is 23.3 Å². The number of nitrogens with one attached hydrogen (secondary N) is 1. The summed E-state index contributed by atoms with van der Waals surface area (Å²) in [5.41, 5.74) is 3.07. The first-order chi connectivity index (χ1) is 9.97. The van der Waals surface area contributed by atoms with E-state index in [4.69, 9.17) is 0 Å². The van der Waals surface area contributed by atoms with Gasteiger partial charge in [0.1, 0.15) is 0 Å². The number of benzene rings is 1. The third-order valence-corrected chi connectivity index (χ3v) is 5.15. The Labute approximate surface area is 124 Å². The Morgan fingerprint density at radius 2 is 2.10 bits per heavy atom. The van der Waals surface area contributed by atoms with Crippen LogP contribution >= 0.6 is 0 Å². The Bertz CT molecular complexity index is 765. The number of sulfone groups is 1. The van der Waals surface area contributed by atoms with Gasteiger partial charge in [0, 0.05) is 24.6 Å². The average molecular weight is 305 g/mol. The molecule has 5 nitrogen and oxygen atoms in total. The molecule has 0 saturated carbocycles. The van der Waals surface area contributed by atoms with Crippen molar-refractivity contribution < 1.29 is 8.42 Å². The number of nitrogens with zero attached hydrogens (tertiary/aromatic N) is 2. The summed E-state index contributed by atoms with van der Waals surface area (Å²) in [7, 11) is -1.29. The standard InChI is InChI=1S/C15H19N3O2S/c1-18-14-8-5-7-12(11(14)10-16-18)17-13-6-3-4-9-15(13)21(2,19)20/h3-4,6,9-10,12,17H,5,7-8H2,1-2H3. The Morgan fingerprint density at radius 3 is 2.86 bits per heavy atom. The minimum Gasteiger partial charge on any atom is -0.377 e. The highest BCUT2D eigenvalue weighted by Crippen LogP contribution is 2.33. The normalized spacial score (nSPS) is 18.3. The topological polar surface area (TPSA) is 64.0 Å². The van der Waals surface area contributed by atoms with Crippen molar-refractivity contribution in [2.24, 2.45) is 7.05 Å². The van der Waals surface area contributed by atoms with Gasteiger partial charge in [0.15, 0.2) is 9.84 Å². The van der Waals surface area contributed by atoms with Crippen LogP contribution in [0.15, 0.2) is 35.4 Å². The van der Waals surface area contributed by atoms with Gasteiger partial charge in [-0.15, -0.1) is 0 Å². The number of anilines is 1. The molecule has 0 bridgehead atoms. The van der Waals surface area contributed by atoms with Gasteiger partial charge in [0.2, 0.25) is 0 Å². The summed E-state index contributed by atoms with van der Waals surface area (Å²) in [6.07, 6.45) is 6.21. The van der Waals surface area contributed by atoms with Crippen molar-refractivity contribution in [2.45, 2.75) is 30.2 Å². The van der Waals surface area contributed by atoms with Crippen LogP contribution in [-0.4, -0.2) is 24.5 Å². The van der Waals surface area contributed by atoms with Gasteiger partial charge in [-0.1, -0.05) is 12.1 Å². The van der Waals surface area contributed by atoms with Gasteiger partial charge in [-0.25, -0.2) is 8.42 Å².